The van der Waals surface area contributed by atoms with Crippen LogP contribution in [0.15, 0.2) is 41.2 Å². The van der Waals surface area contributed by atoms with E-state index >= 15 is 0 Å². The number of ether oxygens (including phenoxy) is 3. The van der Waals surface area contributed by atoms with Crippen LogP contribution in [0.4, 0.5) is 5.69 Å². The summed E-state index contributed by atoms with van der Waals surface area (Å²) in [5.74, 6) is -0.0135. The molecular formula is C43H57N5O9. The number of H-pyrrole nitrogens is 1. The van der Waals surface area contributed by atoms with Crippen LogP contribution in [0.5, 0.6) is 0 Å². The minimum Gasteiger partial charge on any atom is -0.460 e. The molecule has 2 amide bonds. The molecule has 57 heavy (non-hydrogen) atoms. The first kappa shape index (κ1) is 45.7. The molecule has 2 aromatic carbocycles. The number of carbonyl (C=O) groups is 5. The number of hydrogen-bond donors (Lipinski definition) is 3. The lowest BCUT2D eigenvalue weighted by Gasteiger charge is -2.26. The molecule has 0 spiro atoms. The van der Waals surface area contributed by atoms with Crippen molar-refractivity contribution in [1.82, 2.24) is 20.6 Å². The van der Waals surface area contributed by atoms with E-state index in [1.54, 1.807) is 99.6 Å². The fraction of sp³-hybridized carbons (Fsp3) is 0.512. The maximum absolute atomic E-state index is 13.5. The van der Waals surface area contributed by atoms with Gasteiger partial charge in [-0.05, 0) is 137 Å². The molecule has 0 saturated heterocycles. The van der Waals surface area contributed by atoms with Crippen LogP contribution >= 0.6 is 0 Å². The van der Waals surface area contributed by atoms with E-state index in [9.17, 15) is 28.8 Å². The van der Waals surface area contributed by atoms with E-state index in [1.165, 1.54) is 0 Å². The van der Waals surface area contributed by atoms with E-state index in [2.05, 4.69) is 26.5 Å². The van der Waals surface area contributed by atoms with Gasteiger partial charge in [0.25, 0.3) is 11.5 Å². The Hall–Kier alpha value is -5.71. The smallest absolute Gasteiger partial charge is 0.329 e. The molecule has 0 saturated carbocycles. The summed E-state index contributed by atoms with van der Waals surface area (Å²) in [4.78, 5) is 87.2. The van der Waals surface area contributed by atoms with E-state index in [0.29, 0.717) is 29.0 Å². The first-order chi connectivity index (χ1) is 26.3. The molecular weight excluding hydrogens is 730 g/mol. The lowest BCUT2D eigenvalue weighted by molar-refractivity contribution is -0.161. The summed E-state index contributed by atoms with van der Waals surface area (Å²) in [7, 11) is 0. The number of rotatable bonds is 15. The standard InChI is InChI=1S/C43H57N5O9/c1-13-22-48(25-29-24-31-34(23-26(29)2)44-27(3)45-38(31)52)30-16-14-28(15-17-30)37(51)47-33(40(54)57-43(10,11)12)18-20-35(49)46-32(39(53)56-42(7,8)9)19-21-36(50)55-41(4,5)6/h1,14-17,23-24,32-33H,18-22,25H2,2-12H3,(H,46,49)(H,47,51)(H,44,45,52)/t32-,33+/m1/s1. The van der Waals surface area contributed by atoms with Gasteiger partial charge in [0.1, 0.15) is 34.7 Å². The van der Waals surface area contributed by atoms with Crippen LogP contribution in [0, 0.1) is 26.2 Å². The van der Waals surface area contributed by atoms with Gasteiger partial charge >= 0.3 is 17.9 Å². The number of hydrogen-bond acceptors (Lipinski definition) is 11. The van der Waals surface area contributed by atoms with E-state index in [0.717, 1.165) is 11.1 Å². The highest BCUT2D eigenvalue weighted by atomic mass is 16.6. The van der Waals surface area contributed by atoms with Crippen molar-refractivity contribution in [3.05, 3.63) is 69.3 Å². The van der Waals surface area contributed by atoms with Gasteiger partial charge < -0.3 is 34.7 Å². The van der Waals surface area contributed by atoms with Crippen LogP contribution in [0.1, 0.15) is 115 Å². The molecule has 3 aromatic rings. The zero-order valence-electron chi connectivity index (χ0n) is 35.0. The highest BCUT2D eigenvalue weighted by Crippen LogP contribution is 2.23. The second kappa shape index (κ2) is 19.0. The molecule has 1 heterocycles. The van der Waals surface area contributed by atoms with Crippen LogP contribution in [0.25, 0.3) is 10.9 Å². The number of benzene rings is 2. The molecule has 14 heteroatoms. The maximum atomic E-state index is 13.5. The van der Waals surface area contributed by atoms with Gasteiger partial charge in [-0.1, -0.05) is 5.92 Å². The van der Waals surface area contributed by atoms with Gasteiger partial charge in [0, 0.05) is 30.6 Å². The SMILES string of the molecule is C#CCN(Cc1cc2c(=O)[nH]c(C)nc2cc1C)c1ccc(C(=O)N[C@@H](CCC(=O)N[C@H](CCC(=O)OC(C)(C)C)C(=O)OC(C)(C)C)C(=O)OC(C)(C)C)cc1. The number of esters is 3. The quantitative estimate of drug-likeness (QED) is 0.102. The highest BCUT2D eigenvalue weighted by molar-refractivity contribution is 5.97. The van der Waals surface area contributed by atoms with Crippen LogP contribution < -0.4 is 21.1 Å². The number of fused-ring (bicyclic) bond motifs is 1. The van der Waals surface area contributed by atoms with E-state index in [-0.39, 0.29) is 43.4 Å². The van der Waals surface area contributed by atoms with Crippen molar-refractivity contribution >= 4 is 46.3 Å². The molecule has 3 rings (SSSR count). The summed E-state index contributed by atoms with van der Waals surface area (Å²) in [5, 5.41) is 5.78. The van der Waals surface area contributed by atoms with Gasteiger partial charge in [0.15, 0.2) is 0 Å². The summed E-state index contributed by atoms with van der Waals surface area (Å²) in [6.07, 6.45) is 5.07. The Morgan fingerprint density at radius 1 is 0.807 bits per heavy atom. The van der Waals surface area contributed by atoms with E-state index in [1.807, 2.05) is 17.9 Å². The number of amides is 2. The molecule has 0 fully saturated rings. The average Bonchev–Trinajstić information content (AvgIpc) is 3.06. The van der Waals surface area contributed by atoms with Crippen molar-refractivity contribution in [2.24, 2.45) is 0 Å². The summed E-state index contributed by atoms with van der Waals surface area (Å²) in [6.45, 7) is 19.5. The topological polar surface area (TPSA) is 186 Å². The summed E-state index contributed by atoms with van der Waals surface area (Å²) in [5.41, 5.74) is 0.648. The Morgan fingerprint density at radius 2 is 1.35 bits per heavy atom. The lowest BCUT2D eigenvalue weighted by Crippen LogP contribution is -2.47. The van der Waals surface area contributed by atoms with Crippen molar-refractivity contribution in [2.45, 2.75) is 137 Å². The first-order valence-corrected chi connectivity index (χ1v) is 18.9. The largest absolute Gasteiger partial charge is 0.460 e. The van der Waals surface area contributed by atoms with Crippen LogP contribution in [-0.4, -0.2) is 75.1 Å². The van der Waals surface area contributed by atoms with Crippen molar-refractivity contribution in [1.29, 1.82) is 0 Å². The highest BCUT2D eigenvalue weighted by Gasteiger charge is 2.31. The Balaban J connectivity index is 1.76. The third-order valence-corrected chi connectivity index (χ3v) is 8.16. The molecule has 0 radical (unpaired) electrons. The van der Waals surface area contributed by atoms with Gasteiger partial charge in [0.2, 0.25) is 5.91 Å². The molecule has 3 N–H and O–H groups in total. The van der Waals surface area contributed by atoms with Crippen LogP contribution in [0.3, 0.4) is 0 Å². The third kappa shape index (κ3) is 15.0. The fourth-order valence-corrected chi connectivity index (χ4v) is 5.68. The van der Waals surface area contributed by atoms with Gasteiger partial charge in [-0.15, -0.1) is 6.42 Å². The molecule has 14 nitrogen and oxygen atoms in total. The van der Waals surface area contributed by atoms with Crippen LogP contribution in [0.2, 0.25) is 0 Å². The monoisotopic (exact) mass is 787 g/mol. The second-order valence-electron chi connectivity index (χ2n) is 16.9. The molecule has 308 valence electrons. The lowest BCUT2D eigenvalue weighted by atomic mass is 10.0. The number of nitrogens with one attached hydrogen (secondary N) is 3. The predicted octanol–water partition coefficient (Wildman–Crippen LogP) is 5.35. The summed E-state index contributed by atoms with van der Waals surface area (Å²) >= 11 is 0. The van der Waals surface area contributed by atoms with E-state index < -0.39 is 58.6 Å². The number of aryl methyl sites for hydroxylation is 2. The first-order valence-electron chi connectivity index (χ1n) is 18.9. The van der Waals surface area contributed by atoms with Gasteiger partial charge in [-0.2, -0.15) is 0 Å². The number of terminal acetylenes is 1. The van der Waals surface area contributed by atoms with E-state index in [4.69, 9.17) is 20.6 Å². The molecule has 0 bridgehead atoms. The number of aromatic nitrogens is 2. The van der Waals surface area contributed by atoms with Gasteiger partial charge in [-0.25, -0.2) is 14.6 Å². The van der Waals surface area contributed by atoms with Crippen molar-refractivity contribution in [3.8, 4) is 12.3 Å². The van der Waals surface area contributed by atoms with Crippen molar-refractivity contribution in [2.75, 3.05) is 11.4 Å². The van der Waals surface area contributed by atoms with Crippen molar-refractivity contribution < 1.29 is 38.2 Å². The zero-order valence-corrected chi connectivity index (χ0v) is 35.0. The zero-order chi connectivity index (χ0) is 42.9. The van der Waals surface area contributed by atoms with Crippen LogP contribution in [-0.2, 0) is 39.9 Å². The number of anilines is 1. The number of nitrogens with zero attached hydrogens (tertiary/aromatic N) is 2. The molecule has 0 aliphatic rings. The Kier molecular flexibility index (Phi) is 15.2. The molecule has 0 aliphatic carbocycles. The van der Waals surface area contributed by atoms with Crippen molar-refractivity contribution in [3.63, 3.8) is 0 Å². The van der Waals surface area contributed by atoms with Gasteiger partial charge in [0.05, 0.1) is 17.4 Å². The molecule has 1 aromatic heterocycles. The Labute approximate surface area is 334 Å². The Morgan fingerprint density at radius 3 is 1.89 bits per heavy atom. The summed E-state index contributed by atoms with van der Waals surface area (Å²) in [6, 6.07) is 7.92. The molecule has 0 aliphatic heterocycles. The average molecular weight is 788 g/mol. The maximum Gasteiger partial charge on any atom is 0.329 e. The normalized spacial score (nSPS) is 12.8. The number of carbonyl (C=O) groups excluding carboxylic acids is 5. The fourth-order valence-electron chi connectivity index (χ4n) is 5.68. The number of aromatic amines is 1. The second-order valence-corrected chi connectivity index (χ2v) is 16.9. The minimum absolute atomic E-state index is 0.0740. The molecule has 2 atom stereocenters. The summed E-state index contributed by atoms with van der Waals surface area (Å²) < 4.78 is 16.4. The predicted molar refractivity (Wildman–Crippen MR) is 217 cm³/mol. The third-order valence-electron chi connectivity index (χ3n) is 8.16. The molecule has 0 unspecified atom stereocenters. The minimum atomic E-state index is -1.22. The van der Waals surface area contributed by atoms with Gasteiger partial charge in [-0.3, -0.25) is 19.2 Å². The Bertz CT molecular complexity index is 2040.